The first kappa shape index (κ1) is 27.6. The molecular formula is C27H34FN5O4S. The molecule has 3 heterocycles. The number of nitrogens with zero attached hydrogens (tertiary/aromatic N) is 2. The molecule has 9 nitrogen and oxygen atoms in total. The number of amides is 2. The molecule has 0 bridgehead atoms. The number of hydrogen-bond donors (Lipinski definition) is 3. The Balaban J connectivity index is 1.45. The van der Waals surface area contributed by atoms with Gasteiger partial charge in [0.1, 0.15) is 28.1 Å². The largest absolute Gasteiger partial charge is 0.466 e. The third kappa shape index (κ3) is 6.70. The summed E-state index contributed by atoms with van der Waals surface area (Å²) >= 11 is 0. The van der Waals surface area contributed by atoms with Crippen LogP contribution in [0.25, 0.3) is 0 Å². The van der Waals surface area contributed by atoms with E-state index < -0.39 is 27.9 Å². The third-order valence-electron chi connectivity index (χ3n) is 6.60. The lowest BCUT2D eigenvalue weighted by molar-refractivity contribution is 0.249. The van der Waals surface area contributed by atoms with Gasteiger partial charge in [-0.25, -0.2) is 27.3 Å². The number of hydrogen-bond acceptors (Lipinski definition) is 6. The minimum absolute atomic E-state index is 0.0864. The Labute approximate surface area is 222 Å². The highest BCUT2D eigenvalue weighted by Gasteiger charge is 2.29. The summed E-state index contributed by atoms with van der Waals surface area (Å²) in [6.45, 7) is 8.83. The van der Waals surface area contributed by atoms with Gasteiger partial charge in [-0.15, -0.1) is 0 Å². The van der Waals surface area contributed by atoms with Crippen LogP contribution in [0, 0.1) is 32.5 Å². The molecule has 1 aliphatic heterocycles. The zero-order chi connectivity index (χ0) is 27.4. The van der Waals surface area contributed by atoms with Gasteiger partial charge in [0.15, 0.2) is 0 Å². The van der Waals surface area contributed by atoms with Gasteiger partial charge in [-0.1, -0.05) is 6.07 Å². The van der Waals surface area contributed by atoms with E-state index in [1.165, 1.54) is 18.2 Å². The number of anilines is 2. The lowest BCUT2D eigenvalue weighted by Gasteiger charge is -2.34. The molecule has 204 valence electrons. The second-order valence-electron chi connectivity index (χ2n) is 9.79. The van der Waals surface area contributed by atoms with E-state index in [0.29, 0.717) is 42.6 Å². The van der Waals surface area contributed by atoms with Gasteiger partial charge in [0.25, 0.3) is 0 Å². The first-order valence-electron chi connectivity index (χ1n) is 12.6. The number of carbonyl (C=O) groups is 1. The molecule has 1 aliphatic rings. The van der Waals surface area contributed by atoms with E-state index in [4.69, 9.17) is 4.42 Å². The number of carbonyl (C=O) groups excluding carboxylic acids is 1. The maximum absolute atomic E-state index is 13.5. The second kappa shape index (κ2) is 11.5. The Hall–Kier alpha value is -3.44. The number of nitrogens with one attached hydrogen (secondary N) is 3. The van der Waals surface area contributed by atoms with Crippen LogP contribution in [-0.4, -0.2) is 39.1 Å². The van der Waals surface area contributed by atoms with Crippen molar-refractivity contribution in [3.05, 3.63) is 71.1 Å². The zero-order valence-corrected chi connectivity index (χ0v) is 22.9. The van der Waals surface area contributed by atoms with Crippen molar-refractivity contribution in [3.8, 4) is 0 Å². The molecule has 4 rings (SSSR count). The summed E-state index contributed by atoms with van der Waals surface area (Å²) < 4.78 is 48.7. The molecule has 0 aliphatic carbocycles. The van der Waals surface area contributed by atoms with Crippen LogP contribution in [0.4, 0.5) is 20.7 Å². The summed E-state index contributed by atoms with van der Waals surface area (Å²) in [7, 11) is -3.90. The Morgan fingerprint density at radius 3 is 2.71 bits per heavy atom. The summed E-state index contributed by atoms with van der Waals surface area (Å²) in [5, 5.41) is 5.47. The van der Waals surface area contributed by atoms with Crippen LogP contribution in [0.2, 0.25) is 0 Å². The van der Waals surface area contributed by atoms with Crippen molar-refractivity contribution in [2.24, 2.45) is 5.92 Å². The van der Waals surface area contributed by atoms with Gasteiger partial charge in [-0.2, -0.15) is 0 Å². The molecule has 11 heteroatoms. The molecule has 3 aromatic rings. The van der Waals surface area contributed by atoms with Crippen molar-refractivity contribution < 1.29 is 22.0 Å². The molecule has 1 fully saturated rings. The third-order valence-corrected chi connectivity index (χ3v) is 8.16. The van der Waals surface area contributed by atoms with Crippen LogP contribution in [0.15, 0.2) is 51.8 Å². The predicted molar refractivity (Wildman–Crippen MR) is 144 cm³/mol. The first-order valence-corrected chi connectivity index (χ1v) is 14.1. The van der Waals surface area contributed by atoms with Crippen molar-refractivity contribution in [1.29, 1.82) is 0 Å². The zero-order valence-electron chi connectivity index (χ0n) is 22.0. The van der Waals surface area contributed by atoms with Gasteiger partial charge in [0.2, 0.25) is 10.0 Å². The number of aryl methyl sites for hydroxylation is 3. The van der Waals surface area contributed by atoms with E-state index >= 15 is 0 Å². The average Bonchev–Trinajstić information content (AvgIpc) is 3.20. The Morgan fingerprint density at radius 1 is 1.21 bits per heavy atom. The SMILES string of the molecule is Cc1ccc(S(=O)(=O)NC(C)c2cc(C)oc2C)c(N2CCCC(CNC(=O)Nc3cccc(F)c3)C2)n1. The van der Waals surface area contributed by atoms with E-state index in [1.54, 1.807) is 25.1 Å². The fourth-order valence-electron chi connectivity index (χ4n) is 4.81. The van der Waals surface area contributed by atoms with Gasteiger partial charge in [-0.05, 0) is 82.9 Å². The average molecular weight is 544 g/mol. The quantitative estimate of drug-likeness (QED) is 0.375. The molecule has 1 saturated heterocycles. The lowest BCUT2D eigenvalue weighted by atomic mass is 9.98. The summed E-state index contributed by atoms with van der Waals surface area (Å²) in [6, 6.07) is 9.90. The number of sulfonamides is 1. The summed E-state index contributed by atoms with van der Waals surface area (Å²) in [5.74, 6) is 1.45. The minimum atomic E-state index is -3.90. The van der Waals surface area contributed by atoms with Crippen LogP contribution in [0.3, 0.4) is 0 Å². The van der Waals surface area contributed by atoms with E-state index in [2.05, 4.69) is 20.3 Å². The summed E-state index contributed by atoms with van der Waals surface area (Å²) in [6.07, 6.45) is 1.70. The number of urea groups is 1. The molecule has 2 aromatic heterocycles. The first-order chi connectivity index (χ1) is 18.0. The molecule has 0 saturated carbocycles. The van der Waals surface area contributed by atoms with Crippen molar-refractivity contribution >= 4 is 27.6 Å². The molecule has 0 radical (unpaired) electrons. The number of piperidine rings is 1. The van der Waals surface area contributed by atoms with Gasteiger partial charge in [-0.3, -0.25) is 0 Å². The fraction of sp³-hybridized carbons (Fsp3) is 0.407. The van der Waals surface area contributed by atoms with Crippen molar-refractivity contribution in [1.82, 2.24) is 15.0 Å². The minimum Gasteiger partial charge on any atom is -0.466 e. The number of pyridine rings is 1. The summed E-state index contributed by atoms with van der Waals surface area (Å²) in [4.78, 5) is 19.0. The molecule has 3 N–H and O–H groups in total. The standard InChI is InChI=1S/C27H34FN5O4S/c1-17-10-11-25(38(35,36)32-19(3)24-13-18(2)37-20(24)4)26(30-17)33-12-6-7-21(16-33)15-29-27(34)31-23-9-5-8-22(28)14-23/h5,8-11,13-14,19,21,32H,6-7,12,15-16H2,1-4H3,(H2,29,31,34). The maximum atomic E-state index is 13.5. The van der Waals surface area contributed by atoms with Crippen molar-refractivity contribution in [2.45, 2.75) is 51.5 Å². The van der Waals surface area contributed by atoms with E-state index in [-0.39, 0.29) is 10.8 Å². The lowest BCUT2D eigenvalue weighted by Crippen LogP contribution is -2.43. The number of furan rings is 1. The molecule has 0 spiro atoms. The molecular weight excluding hydrogens is 509 g/mol. The van der Waals surface area contributed by atoms with Gasteiger partial charge in [0.05, 0.1) is 0 Å². The van der Waals surface area contributed by atoms with E-state index in [1.807, 2.05) is 31.7 Å². The topological polar surface area (TPSA) is 117 Å². The molecule has 38 heavy (non-hydrogen) atoms. The van der Waals surface area contributed by atoms with Crippen molar-refractivity contribution in [3.63, 3.8) is 0 Å². The maximum Gasteiger partial charge on any atom is 0.319 e. The van der Waals surface area contributed by atoms with Crippen molar-refractivity contribution in [2.75, 3.05) is 29.9 Å². The number of halogens is 1. The number of rotatable bonds is 8. The number of aromatic nitrogens is 1. The molecule has 2 atom stereocenters. The smallest absolute Gasteiger partial charge is 0.319 e. The summed E-state index contributed by atoms with van der Waals surface area (Å²) in [5.41, 5.74) is 1.87. The second-order valence-corrected chi connectivity index (χ2v) is 11.5. The normalized spacial score (nSPS) is 16.8. The van der Waals surface area contributed by atoms with Gasteiger partial charge in [0, 0.05) is 42.6 Å². The van der Waals surface area contributed by atoms with E-state index in [0.717, 1.165) is 24.2 Å². The molecule has 2 unspecified atom stereocenters. The predicted octanol–water partition coefficient (Wildman–Crippen LogP) is 4.82. The number of benzene rings is 1. The van der Waals surface area contributed by atoms with Gasteiger partial charge < -0.3 is 20.0 Å². The van der Waals surface area contributed by atoms with Crippen LogP contribution in [-0.2, 0) is 10.0 Å². The Kier molecular flexibility index (Phi) is 8.37. The Morgan fingerprint density at radius 2 is 2.00 bits per heavy atom. The molecule has 2 amide bonds. The monoisotopic (exact) mass is 543 g/mol. The van der Waals surface area contributed by atoms with E-state index in [9.17, 15) is 17.6 Å². The fourth-order valence-corrected chi connectivity index (χ4v) is 6.19. The Bertz CT molecular complexity index is 1410. The van der Waals surface area contributed by atoms with Crippen LogP contribution < -0.4 is 20.3 Å². The highest BCUT2D eigenvalue weighted by atomic mass is 32.2. The van der Waals surface area contributed by atoms with Crippen LogP contribution >= 0.6 is 0 Å². The highest BCUT2D eigenvalue weighted by molar-refractivity contribution is 7.89. The van der Waals surface area contributed by atoms with Gasteiger partial charge >= 0.3 is 6.03 Å². The highest BCUT2D eigenvalue weighted by Crippen LogP contribution is 2.30. The van der Waals surface area contributed by atoms with Crippen LogP contribution in [0.5, 0.6) is 0 Å². The van der Waals surface area contributed by atoms with Crippen LogP contribution in [0.1, 0.15) is 48.6 Å². The molecule has 1 aromatic carbocycles.